The molecule has 152 valence electrons. The molecule has 1 heterocycles. The number of allylic oxidation sites excluding steroid dienone is 2. The number of ether oxygens (including phenoxy) is 3. The molecule has 2 aliphatic rings. The maximum Gasteiger partial charge on any atom is 0.335 e. The molecule has 0 spiro atoms. The average Bonchev–Trinajstić information content (AvgIpc) is 3.22. The van der Waals surface area contributed by atoms with Crippen molar-refractivity contribution in [2.75, 3.05) is 26.6 Å². The van der Waals surface area contributed by atoms with E-state index in [1.165, 1.54) is 6.07 Å². The molecule has 3 atom stereocenters. The van der Waals surface area contributed by atoms with Gasteiger partial charge in [-0.3, -0.25) is 0 Å². The van der Waals surface area contributed by atoms with Crippen molar-refractivity contribution < 1.29 is 24.1 Å². The molecule has 2 N–H and O–H groups in total. The first kappa shape index (κ1) is 19.5. The molecule has 0 bridgehead atoms. The number of aromatic carboxylic acids is 1. The second-order valence-electron chi connectivity index (χ2n) is 7.16. The van der Waals surface area contributed by atoms with Crippen molar-refractivity contribution in [3.63, 3.8) is 0 Å². The van der Waals surface area contributed by atoms with Gasteiger partial charge in [-0.05, 0) is 47.7 Å². The first-order valence-corrected chi connectivity index (χ1v) is 9.66. The summed E-state index contributed by atoms with van der Waals surface area (Å²) in [6.45, 7) is 0. The number of carboxylic acid groups (broad SMARTS) is 1. The summed E-state index contributed by atoms with van der Waals surface area (Å²) in [5.74, 6) is 1.02. The highest BCUT2D eigenvalue weighted by atomic mass is 35.5. The van der Waals surface area contributed by atoms with Crippen LogP contribution in [0.3, 0.4) is 0 Å². The molecule has 0 saturated carbocycles. The smallest absolute Gasteiger partial charge is 0.335 e. The van der Waals surface area contributed by atoms with Gasteiger partial charge in [0.15, 0.2) is 11.5 Å². The first-order valence-electron chi connectivity index (χ1n) is 9.28. The highest BCUT2D eigenvalue weighted by Crippen LogP contribution is 2.53. The number of fused-ring (bicyclic) bond motifs is 3. The van der Waals surface area contributed by atoms with Gasteiger partial charge in [0, 0.05) is 5.92 Å². The Morgan fingerprint density at radius 2 is 1.79 bits per heavy atom. The number of anilines is 1. The van der Waals surface area contributed by atoms with E-state index >= 15 is 0 Å². The number of benzene rings is 2. The average molecular weight is 416 g/mol. The Labute approximate surface area is 174 Å². The van der Waals surface area contributed by atoms with Gasteiger partial charge in [-0.15, -0.1) is 0 Å². The number of nitrogens with one attached hydrogen (secondary N) is 1. The molecule has 6 nitrogen and oxygen atoms in total. The van der Waals surface area contributed by atoms with E-state index in [1.807, 2.05) is 12.1 Å². The summed E-state index contributed by atoms with van der Waals surface area (Å²) in [6.07, 6.45) is 5.14. The van der Waals surface area contributed by atoms with Crippen LogP contribution < -0.4 is 19.5 Å². The van der Waals surface area contributed by atoms with Gasteiger partial charge in [-0.25, -0.2) is 4.79 Å². The zero-order valence-electron chi connectivity index (χ0n) is 16.4. The molecule has 1 aliphatic heterocycles. The van der Waals surface area contributed by atoms with E-state index in [9.17, 15) is 9.90 Å². The third-order valence-corrected chi connectivity index (χ3v) is 6.01. The quantitative estimate of drug-likeness (QED) is 0.677. The molecule has 0 saturated heterocycles. The van der Waals surface area contributed by atoms with Gasteiger partial charge < -0.3 is 24.6 Å². The lowest BCUT2D eigenvalue weighted by Gasteiger charge is -2.38. The van der Waals surface area contributed by atoms with Crippen LogP contribution >= 0.6 is 11.6 Å². The highest BCUT2D eigenvalue weighted by molar-refractivity contribution is 6.33. The molecule has 2 aromatic carbocycles. The van der Waals surface area contributed by atoms with Gasteiger partial charge in [0.25, 0.3) is 0 Å². The third-order valence-electron chi connectivity index (χ3n) is 5.71. The van der Waals surface area contributed by atoms with Crippen LogP contribution in [0.2, 0.25) is 5.02 Å². The highest BCUT2D eigenvalue weighted by Gasteiger charge is 2.39. The fourth-order valence-corrected chi connectivity index (χ4v) is 4.67. The van der Waals surface area contributed by atoms with E-state index in [4.69, 9.17) is 25.8 Å². The van der Waals surface area contributed by atoms with Crippen LogP contribution in [0.4, 0.5) is 5.69 Å². The van der Waals surface area contributed by atoms with E-state index in [0.717, 1.165) is 23.2 Å². The normalized spacial score (nSPS) is 21.7. The minimum atomic E-state index is -0.986. The molecular formula is C22H22ClNO5. The summed E-state index contributed by atoms with van der Waals surface area (Å²) in [7, 11) is 4.76. The molecule has 1 aliphatic carbocycles. The maximum atomic E-state index is 11.5. The Morgan fingerprint density at radius 1 is 1.10 bits per heavy atom. The Kier molecular flexibility index (Phi) is 5.04. The van der Waals surface area contributed by atoms with Gasteiger partial charge in [-0.2, -0.15) is 0 Å². The van der Waals surface area contributed by atoms with Gasteiger partial charge in [0.1, 0.15) is 0 Å². The SMILES string of the molecule is COc1cc([C@@H]2Nc3c(Cl)cc(C(=O)O)cc3[C@@H]3C=CC[C@@H]32)cc(OC)c1OC. The molecule has 29 heavy (non-hydrogen) atoms. The number of hydrogen-bond acceptors (Lipinski definition) is 5. The van der Waals surface area contributed by atoms with E-state index in [1.54, 1.807) is 27.4 Å². The van der Waals surface area contributed by atoms with Crippen molar-refractivity contribution >= 4 is 23.3 Å². The zero-order chi connectivity index (χ0) is 20.7. The topological polar surface area (TPSA) is 77.0 Å². The molecule has 0 unspecified atom stereocenters. The second kappa shape index (κ2) is 7.52. The first-order chi connectivity index (χ1) is 14.0. The lowest BCUT2D eigenvalue weighted by atomic mass is 9.76. The largest absolute Gasteiger partial charge is 0.493 e. The molecule has 2 aromatic rings. The van der Waals surface area contributed by atoms with Crippen molar-refractivity contribution in [3.05, 3.63) is 58.1 Å². The van der Waals surface area contributed by atoms with Crippen molar-refractivity contribution in [1.82, 2.24) is 0 Å². The maximum absolute atomic E-state index is 11.5. The molecule has 0 fully saturated rings. The standard InChI is InChI=1S/C22H22ClNO5/c1-27-17-9-11(10-18(28-2)21(17)29-3)19-14-6-4-5-13(14)15-7-12(22(25)26)8-16(23)20(15)24-19/h4-5,7-10,13-14,19,24H,6H2,1-3H3,(H,25,26)/t13-,14+,19+/m1/s1. The second-order valence-corrected chi connectivity index (χ2v) is 7.57. The van der Waals surface area contributed by atoms with E-state index < -0.39 is 5.97 Å². The lowest BCUT2D eigenvalue weighted by Crippen LogP contribution is -2.29. The predicted octanol–water partition coefficient (Wildman–Crippen LogP) is 4.89. The Hall–Kier alpha value is -2.86. The Balaban J connectivity index is 1.83. The van der Waals surface area contributed by atoms with Crippen LogP contribution in [-0.4, -0.2) is 32.4 Å². The molecule has 7 heteroatoms. The van der Waals surface area contributed by atoms with Gasteiger partial charge in [0.05, 0.1) is 43.6 Å². The van der Waals surface area contributed by atoms with Gasteiger partial charge >= 0.3 is 5.97 Å². The number of methoxy groups -OCH3 is 3. The Bertz CT molecular complexity index is 978. The molecule has 0 radical (unpaired) electrons. The fourth-order valence-electron chi connectivity index (χ4n) is 4.39. The van der Waals surface area contributed by atoms with Crippen molar-refractivity contribution in [3.8, 4) is 17.2 Å². The summed E-state index contributed by atoms with van der Waals surface area (Å²) in [5.41, 5.74) is 2.86. The summed E-state index contributed by atoms with van der Waals surface area (Å²) in [5, 5.41) is 13.4. The number of rotatable bonds is 5. The molecule has 4 rings (SSSR count). The van der Waals surface area contributed by atoms with Crippen LogP contribution in [0.15, 0.2) is 36.4 Å². The van der Waals surface area contributed by atoms with Crippen LogP contribution in [0.1, 0.15) is 39.9 Å². The molecular weight excluding hydrogens is 394 g/mol. The van der Waals surface area contributed by atoms with E-state index in [-0.39, 0.29) is 23.4 Å². The van der Waals surface area contributed by atoms with Gasteiger partial charge in [-0.1, -0.05) is 23.8 Å². The number of halogens is 1. The van der Waals surface area contributed by atoms with Crippen molar-refractivity contribution in [2.24, 2.45) is 5.92 Å². The number of hydrogen-bond donors (Lipinski definition) is 2. The van der Waals surface area contributed by atoms with Crippen LogP contribution in [-0.2, 0) is 0 Å². The number of carboxylic acids is 1. The van der Waals surface area contributed by atoms with Crippen LogP contribution in [0.5, 0.6) is 17.2 Å². The van der Waals surface area contributed by atoms with Crippen LogP contribution in [0, 0.1) is 5.92 Å². The monoisotopic (exact) mass is 415 g/mol. The zero-order valence-corrected chi connectivity index (χ0v) is 17.1. The van der Waals surface area contributed by atoms with Crippen molar-refractivity contribution in [1.29, 1.82) is 0 Å². The van der Waals surface area contributed by atoms with Gasteiger partial charge in [0.2, 0.25) is 5.75 Å². The molecule has 0 aromatic heterocycles. The van der Waals surface area contributed by atoms with E-state index in [2.05, 4.69) is 17.5 Å². The summed E-state index contributed by atoms with van der Waals surface area (Å²) in [4.78, 5) is 11.5. The predicted molar refractivity (Wildman–Crippen MR) is 111 cm³/mol. The van der Waals surface area contributed by atoms with Crippen LogP contribution in [0.25, 0.3) is 0 Å². The minimum Gasteiger partial charge on any atom is -0.493 e. The number of carbonyl (C=O) groups is 1. The van der Waals surface area contributed by atoms with Crippen molar-refractivity contribution in [2.45, 2.75) is 18.4 Å². The fraction of sp³-hybridized carbons (Fsp3) is 0.318. The third kappa shape index (κ3) is 3.17. The lowest BCUT2D eigenvalue weighted by molar-refractivity contribution is 0.0696. The Morgan fingerprint density at radius 3 is 2.38 bits per heavy atom. The summed E-state index contributed by atoms with van der Waals surface area (Å²) >= 11 is 6.48. The molecule has 0 amide bonds. The minimum absolute atomic E-state index is 0.0515. The van der Waals surface area contributed by atoms with E-state index in [0.29, 0.717) is 22.3 Å². The summed E-state index contributed by atoms with van der Waals surface area (Å²) in [6, 6.07) is 7.04. The summed E-state index contributed by atoms with van der Waals surface area (Å²) < 4.78 is 16.5.